The Labute approximate surface area is 111 Å². The zero-order valence-electron chi connectivity index (χ0n) is 10.1. The molecule has 0 bridgehead atoms. The van der Waals surface area contributed by atoms with Gasteiger partial charge in [-0.15, -0.1) is 0 Å². The summed E-state index contributed by atoms with van der Waals surface area (Å²) in [4.78, 5) is 11.3. The summed E-state index contributed by atoms with van der Waals surface area (Å²) in [5.74, 6) is -0.965. The van der Waals surface area contributed by atoms with E-state index in [1.807, 2.05) is 0 Å². The van der Waals surface area contributed by atoms with Crippen molar-refractivity contribution in [3.63, 3.8) is 0 Å². The molecule has 1 aromatic rings. The Morgan fingerprint density at radius 1 is 1.32 bits per heavy atom. The van der Waals surface area contributed by atoms with Crippen LogP contribution in [0.4, 0.5) is 0 Å². The monoisotopic (exact) mass is 285 g/mol. The van der Waals surface area contributed by atoms with E-state index in [0.29, 0.717) is 12.0 Å². The van der Waals surface area contributed by atoms with Crippen molar-refractivity contribution in [2.45, 2.75) is 18.5 Å². The number of sulfone groups is 1. The second kappa shape index (κ2) is 5.18. The predicted octanol–water partition coefficient (Wildman–Crippen LogP) is 0.295. The van der Waals surface area contributed by atoms with Crippen LogP contribution in [0.3, 0.4) is 0 Å². The maximum Gasteiger partial charge on any atom is 0.325 e. The molecule has 0 spiro atoms. The van der Waals surface area contributed by atoms with Crippen molar-refractivity contribution in [3.05, 3.63) is 29.8 Å². The molecule has 2 rings (SSSR count). The molecule has 6 nitrogen and oxygen atoms in total. The van der Waals surface area contributed by atoms with Crippen molar-refractivity contribution in [3.8, 4) is 5.75 Å². The van der Waals surface area contributed by atoms with Crippen LogP contribution in [0, 0.1) is 0 Å². The van der Waals surface area contributed by atoms with Crippen molar-refractivity contribution in [1.29, 1.82) is 0 Å². The first-order valence-corrected chi connectivity index (χ1v) is 7.68. The zero-order valence-corrected chi connectivity index (χ0v) is 10.9. The Morgan fingerprint density at radius 3 is 2.42 bits per heavy atom. The third kappa shape index (κ3) is 3.45. The molecule has 0 radical (unpaired) electrons. The van der Waals surface area contributed by atoms with Gasteiger partial charge in [-0.1, -0.05) is 12.1 Å². The van der Waals surface area contributed by atoms with Gasteiger partial charge in [0.2, 0.25) is 0 Å². The molecule has 2 unspecified atom stereocenters. The third-order valence-electron chi connectivity index (χ3n) is 3.11. The Kier molecular flexibility index (Phi) is 3.77. The summed E-state index contributed by atoms with van der Waals surface area (Å²) in [6.45, 7) is 0. The van der Waals surface area contributed by atoms with Gasteiger partial charge in [-0.05, 0) is 24.1 Å². The highest BCUT2D eigenvalue weighted by molar-refractivity contribution is 7.91. The average Bonchev–Trinajstić information content (AvgIpc) is 2.67. The van der Waals surface area contributed by atoms with Crippen LogP contribution < -0.4 is 5.32 Å². The summed E-state index contributed by atoms with van der Waals surface area (Å²) in [6, 6.07) is 4.49. The molecule has 0 aliphatic carbocycles. The molecule has 1 aromatic carbocycles. The van der Waals surface area contributed by atoms with E-state index in [1.54, 1.807) is 0 Å². The topological polar surface area (TPSA) is 104 Å². The summed E-state index contributed by atoms with van der Waals surface area (Å²) in [7, 11) is -3.05. The summed E-state index contributed by atoms with van der Waals surface area (Å²) in [5.41, 5.74) is 0.481. The van der Waals surface area contributed by atoms with Gasteiger partial charge in [0.15, 0.2) is 9.84 Å². The molecule has 19 heavy (non-hydrogen) atoms. The SMILES string of the molecule is O=C(O)C(NC1CCS(=O)(=O)C1)c1ccc(O)cc1. The molecule has 1 heterocycles. The normalized spacial score (nSPS) is 23.1. The molecule has 2 atom stereocenters. The van der Waals surface area contributed by atoms with Crippen LogP contribution in [0.5, 0.6) is 5.75 Å². The second-order valence-corrected chi connectivity index (χ2v) is 6.86. The van der Waals surface area contributed by atoms with Crippen LogP contribution in [-0.4, -0.2) is 42.1 Å². The number of hydrogen-bond acceptors (Lipinski definition) is 5. The van der Waals surface area contributed by atoms with Crippen molar-refractivity contribution >= 4 is 15.8 Å². The van der Waals surface area contributed by atoms with Gasteiger partial charge in [0, 0.05) is 6.04 Å². The highest BCUT2D eigenvalue weighted by Crippen LogP contribution is 2.20. The number of nitrogens with one attached hydrogen (secondary N) is 1. The van der Waals surface area contributed by atoms with Gasteiger partial charge in [0.05, 0.1) is 11.5 Å². The number of phenolic OH excluding ortho intramolecular Hbond substituents is 1. The number of rotatable bonds is 4. The van der Waals surface area contributed by atoms with Crippen LogP contribution >= 0.6 is 0 Å². The number of aliphatic carboxylic acids is 1. The summed E-state index contributed by atoms with van der Waals surface area (Å²) < 4.78 is 22.7. The Hall–Kier alpha value is -1.60. The largest absolute Gasteiger partial charge is 0.508 e. The predicted molar refractivity (Wildman–Crippen MR) is 68.7 cm³/mol. The molecular weight excluding hydrogens is 270 g/mol. The van der Waals surface area contributed by atoms with Gasteiger partial charge in [-0.3, -0.25) is 10.1 Å². The van der Waals surface area contributed by atoms with Gasteiger partial charge in [0.1, 0.15) is 11.8 Å². The first-order chi connectivity index (χ1) is 8.87. The molecule has 1 aliphatic heterocycles. The standard InChI is InChI=1S/C12H15NO5S/c14-10-3-1-8(2-4-10)11(12(15)16)13-9-5-6-19(17,18)7-9/h1-4,9,11,13-14H,5-7H2,(H,15,16). The van der Waals surface area contributed by atoms with Crippen LogP contribution in [0.1, 0.15) is 18.0 Å². The van der Waals surface area contributed by atoms with Crippen molar-refractivity contribution in [1.82, 2.24) is 5.32 Å². The number of hydrogen-bond donors (Lipinski definition) is 3. The Balaban J connectivity index is 2.13. The first-order valence-electron chi connectivity index (χ1n) is 5.85. The van der Waals surface area contributed by atoms with Crippen molar-refractivity contribution < 1.29 is 23.4 Å². The van der Waals surface area contributed by atoms with E-state index < -0.39 is 21.8 Å². The van der Waals surface area contributed by atoms with Gasteiger partial charge >= 0.3 is 5.97 Å². The Bertz CT molecular complexity index is 566. The van der Waals surface area contributed by atoms with E-state index >= 15 is 0 Å². The maximum atomic E-state index is 11.4. The minimum atomic E-state index is -3.05. The lowest BCUT2D eigenvalue weighted by Crippen LogP contribution is -2.37. The average molecular weight is 285 g/mol. The van der Waals surface area contributed by atoms with E-state index in [1.165, 1.54) is 24.3 Å². The fraction of sp³-hybridized carbons (Fsp3) is 0.417. The number of phenols is 1. The Morgan fingerprint density at radius 2 is 1.95 bits per heavy atom. The molecular formula is C12H15NO5S. The van der Waals surface area contributed by atoms with Gasteiger partial charge in [-0.2, -0.15) is 0 Å². The number of carbonyl (C=O) groups is 1. The van der Waals surface area contributed by atoms with Crippen LogP contribution in [0.2, 0.25) is 0 Å². The number of carboxylic acid groups (broad SMARTS) is 1. The van der Waals surface area contributed by atoms with Gasteiger partial charge in [-0.25, -0.2) is 8.42 Å². The third-order valence-corrected chi connectivity index (χ3v) is 4.88. The molecule has 1 saturated heterocycles. The fourth-order valence-electron chi connectivity index (χ4n) is 2.14. The minimum Gasteiger partial charge on any atom is -0.508 e. The number of aromatic hydroxyl groups is 1. The zero-order chi connectivity index (χ0) is 14.0. The molecule has 0 saturated carbocycles. The first kappa shape index (κ1) is 13.8. The molecule has 0 amide bonds. The van der Waals surface area contributed by atoms with Crippen LogP contribution in [0.15, 0.2) is 24.3 Å². The molecule has 1 aliphatic rings. The summed E-state index contributed by atoms with van der Waals surface area (Å²) >= 11 is 0. The van der Waals surface area contributed by atoms with E-state index in [4.69, 9.17) is 0 Å². The van der Waals surface area contributed by atoms with Gasteiger partial charge < -0.3 is 10.2 Å². The summed E-state index contributed by atoms with van der Waals surface area (Å²) in [6.07, 6.45) is 0.421. The lowest BCUT2D eigenvalue weighted by Gasteiger charge is -2.19. The highest BCUT2D eigenvalue weighted by Gasteiger charge is 2.31. The van der Waals surface area contributed by atoms with Crippen molar-refractivity contribution in [2.24, 2.45) is 0 Å². The maximum absolute atomic E-state index is 11.4. The van der Waals surface area contributed by atoms with Crippen LogP contribution in [-0.2, 0) is 14.6 Å². The molecule has 7 heteroatoms. The van der Waals surface area contributed by atoms with Gasteiger partial charge in [0.25, 0.3) is 0 Å². The highest BCUT2D eigenvalue weighted by atomic mass is 32.2. The smallest absolute Gasteiger partial charge is 0.325 e. The van der Waals surface area contributed by atoms with E-state index in [2.05, 4.69) is 5.32 Å². The number of carboxylic acids is 1. The quantitative estimate of drug-likeness (QED) is 0.735. The second-order valence-electron chi connectivity index (χ2n) is 4.63. The number of benzene rings is 1. The van der Waals surface area contributed by atoms with E-state index in [-0.39, 0.29) is 23.3 Å². The molecule has 1 fully saturated rings. The lowest BCUT2D eigenvalue weighted by atomic mass is 10.1. The molecule has 104 valence electrons. The van der Waals surface area contributed by atoms with Crippen molar-refractivity contribution in [2.75, 3.05) is 11.5 Å². The van der Waals surface area contributed by atoms with Crippen LogP contribution in [0.25, 0.3) is 0 Å². The lowest BCUT2D eigenvalue weighted by molar-refractivity contribution is -0.139. The van der Waals surface area contributed by atoms with E-state index in [0.717, 1.165) is 0 Å². The summed E-state index contributed by atoms with van der Waals surface area (Å²) in [5, 5.41) is 21.2. The minimum absolute atomic E-state index is 0.0329. The van der Waals surface area contributed by atoms with E-state index in [9.17, 15) is 23.4 Å². The molecule has 0 aromatic heterocycles. The molecule has 3 N–H and O–H groups in total. The fourth-order valence-corrected chi connectivity index (χ4v) is 3.83.